The topological polar surface area (TPSA) is 152 Å². The maximum absolute atomic E-state index is 13.9. The number of ether oxygens (including phenoxy) is 4. The Morgan fingerprint density at radius 2 is 1.81 bits per heavy atom. The van der Waals surface area contributed by atoms with Crippen LogP contribution in [0.3, 0.4) is 0 Å². The highest BCUT2D eigenvalue weighted by Gasteiger charge is 2.47. The molecule has 0 bridgehead atoms. The van der Waals surface area contributed by atoms with E-state index in [-0.39, 0.29) is 40.9 Å². The molecule has 0 spiro atoms. The number of fused-ring (bicyclic) bond motifs is 1. The van der Waals surface area contributed by atoms with Crippen LogP contribution in [0, 0.1) is 16.0 Å². The van der Waals surface area contributed by atoms with E-state index in [0.717, 1.165) is 0 Å². The normalized spacial score (nSPS) is 18.6. The van der Waals surface area contributed by atoms with Crippen LogP contribution in [0.25, 0.3) is 17.4 Å². The lowest BCUT2D eigenvalue weighted by molar-refractivity contribution is -0.384. The first-order valence-corrected chi connectivity index (χ1v) is 13.3. The van der Waals surface area contributed by atoms with Gasteiger partial charge in [0, 0.05) is 17.7 Å². The molecule has 0 fully saturated rings. The Morgan fingerprint density at radius 3 is 2.49 bits per heavy atom. The third-order valence-electron chi connectivity index (χ3n) is 7.27. The summed E-state index contributed by atoms with van der Waals surface area (Å²) in [5.41, 5.74) is 1.62. The van der Waals surface area contributed by atoms with Gasteiger partial charge in [0.05, 0.1) is 56.0 Å². The Bertz CT molecular complexity index is 1720. The van der Waals surface area contributed by atoms with Gasteiger partial charge in [-0.25, -0.2) is 9.79 Å². The number of amidine groups is 1. The van der Waals surface area contributed by atoms with Crippen molar-refractivity contribution < 1.29 is 37.9 Å². The number of aliphatic imine (C=N–C) groups is 1. The average Bonchev–Trinajstić information content (AvgIpc) is 3.59. The summed E-state index contributed by atoms with van der Waals surface area (Å²) in [5.74, 6) is -0.328. The number of nitro groups is 1. The average molecular weight is 588 g/mol. The second-order valence-electron chi connectivity index (χ2n) is 9.69. The minimum atomic E-state index is -0.857. The number of carbonyl (C=O) groups excluding carboxylic acids is 2. The number of hydrogen-bond acceptors (Lipinski definition) is 11. The molecule has 43 heavy (non-hydrogen) atoms. The second kappa shape index (κ2) is 11.8. The number of nitrogens with zero attached hydrogens (tertiary/aromatic N) is 2. The number of ketones is 1. The summed E-state index contributed by atoms with van der Waals surface area (Å²) in [4.78, 5) is 42.8. The lowest BCUT2D eigenvalue weighted by Gasteiger charge is -2.32. The minimum absolute atomic E-state index is 0.0982. The Hall–Kier alpha value is -5.39. The molecule has 2 aromatic carbocycles. The number of hydrogen-bond donors (Lipinski definition) is 1. The van der Waals surface area contributed by atoms with Gasteiger partial charge in [-0.2, -0.15) is 0 Å². The van der Waals surface area contributed by atoms with Crippen molar-refractivity contribution in [1.29, 1.82) is 0 Å². The number of Topliss-reactive ketones (excluding diaryl/α,β-unsaturated/α-hetero) is 1. The van der Waals surface area contributed by atoms with Crippen LogP contribution in [0.5, 0.6) is 17.2 Å². The fourth-order valence-electron chi connectivity index (χ4n) is 5.32. The third-order valence-corrected chi connectivity index (χ3v) is 7.27. The summed E-state index contributed by atoms with van der Waals surface area (Å²) in [7, 11) is 4.44. The van der Waals surface area contributed by atoms with Crippen molar-refractivity contribution in [3.05, 3.63) is 86.9 Å². The Kier molecular flexibility index (Phi) is 8.02. The van der Waals surface area contributed by atoms with E-state index >= 15 is 0 Å². The highest BCUT2D eigenvalue weighted by Crippen LogP contribution is 2.45. The number of rotatable bonds is 9. The molecule has 1 aromatic heterocycles. The van der Waals surface area contributed by atoms with Crippen LogP contribution in [0.15, 0.2) is 74.9 Å². The van der Waals surface area contributed by atoms with Gasteiger partial charge in [0.25, 0.3) is 5.69 Å². The lowest BCUT2D eigenvalue weighted by atomic mass is 9.75. The highest BCUT2D eigenvalue weighted by molar-refractivity contribution is 6.21. The summed E-state index contributed by atoms with van der Waals surface area (Å²) in [5, 5.41) is 14.8. The molecule has 2 aliphatic rings. The predicted molar refractivity (Wildman–Crippen MR) is 156 cm³/mol. The standard InChI is InChI=1S/C31H29N3O9/c1-6-42-31(36)26-16(2)32-30-28(27(26)17-7-11-24(40-4)25(13-17)41-5)29(35)21(33-30)14-19-9-12-23(43-19)20-10-8-18(39-3)15-22(20)34(37)38/h7-15,27-28H,6H2,1-5H3,(H,32,33)/b21-14-. The molecular formula is C31H29N3O9. The third kappa shape index (κ3) is 5.34. The Labute approximate surface area is 246 Å². The summed E-state index contributed by atoms with van der Waals surface area (Å²) in [6.07, 6.45) is 1.47. The molecule has 1 N–H and O–H groups in total. The van der Waals surface area contributed by atoms with Crippen molar-refractivity contribution >= 4 is 29.4 Å². The van der Waals surface area contributed by atoms with Crippen molar-refractivity contribution in [2.45, 2.75) is 19.8 Å². The molecule has 2 unspecified atom stereocenters. The van der Waals surface area contributed by atoms with Gasteiger partial charge >= 0.3 is 5.97 Å². The molecule has 0 saturated carbocycles. The molecule has 2 aliphatic heterocycles. The van der Waals surface area contributed by atoms with Crippen LogP contribution in [0.1, 0.15) is 31.1 Å². The van der Waals surface area contributed by atoms with Crippen molar-refractivity contribution in [3.63, 3.8) is 0 Å². The summed E-state index contributed by atoms with van der Waals surface area (Å²) < 4.78 is 27.2. The lowest BCUT2D eigenvalue weighted by Crippen LogP contribution is -2.42. The first kappa shape index (κ1) is 29.1. The van der Waals surface area contributed by atoms with Gasteiger partial charge in [0.1, 0.15) is 28.8 Å². The van der Waals surface area contributed by atoms with Gasteiger partial charge in [-0.15, -0.1) is 0 Å². The molecule has 0 amide bonds. The van der Waals surface area contributed by atoms with Crippen LogP contribution in [-0.4, -0.2) is 50.4 Å². The fourth-order valence-corrected chi connectivity index (χ4v) is 5.32. The molecule has 3 aromatic rings. The SMILES string of the molecule is CCOC(=O)C1=C(C)NC2=N/C(=C\c3ccc(-c4ccc(OC)cc4[N+](=O)[O-])o3)C(=O)C2C1c1ccc(OC)c(OC)c1. The van der Waals surface area contributed by atoms with Crippen molar-refractivity contribution in [2.75, 3.05) is 27.9 Å². The molecular weight excluding hydrogens is 558 g/mol. The van der Waals surface area contributed by atoms with Gasteiger partial charge in [-0.3, -0.25) is 14.9 Å². The number of nitro benzene ring substituents is 1. The number of benzene rings is 2. The number of carbonyl (C=O) groups is 2. The van der Waals surface area contributed by atoms with E-state index in [2.05, 4.69) is 10.3 Å². The van der Waals surface area contributed by atoms with E-state index in [9.17, 15) is 19.7 Å². The van der Waals surface area contributed by atoms with Crippen molar-refractivity contribution in [1.82, 2.24) is 5.32 Å². The fraction of sp³-hybridized carbons (Fsp3) is 0.258. The van der Waals surface area contributed by atoms with Gasteiger partial charge in [-0.1, -0.05) is 6.07 Å². The largest absolute Gasteiger partial charge is 0.497 e. The first-order valence-electron chi connectivity index (χ1n) is 13.3. The second-order valence-corrected chi connectivity index (χ2v) is 9.69. The number of methoxy groups -OCH3 is 3. The smallest absolute Gasteiger partial charge is 0.336 e. The zero-order chi connectivity index (χ0) is 30.8. The van der Waals surface area contributed by atoms with Gasteiger partial charge < -0.3 is 28.7 Å². The maximum Gasteiger partial charge on any atom is 0.336 e. The van der Waals surface area contributed by atoms with Gasteiger partial charge in [0.15, 0.2) is 17.3 Å². The minimum Gasteiger partial charge on any atom is -0.497 e. The van der Waals surface area contributed by atoms with E-state index in [0.29, 0.717) is 39.9 Å². The van der Waals surface area contributed by atoms with E-state index in [4.69, 9.17) is 23.4 Å². The molecule has 0 radical (unpaired) electrons. The number of nitrogens with one attached hydrogen (secondary N) is 1. The van der Waals surface area contributed by atoms with Gasteiger partial charge in [-0.05, 0) is 55.8 Å². The van der Waals surface area contributed by atoms with E-state index in [1.54, 1.807) is 50.2 Å². The van der Waals surface area contributed by atoms with Crippen LogP contribution in [0.4, 0.5) is 5.69 Å². The van der Waals surface area contributed by atoms with Crippen LogP contribution >= 0.6 is 0 Å². The molecule has 12 heteroatoms. The number of furan rings is 1. The van der Waals surface area contributed by atoms with Crippen molar-refractivity contribution in [2.24, 2.45) is 10.9 Å². The summed E-state index contributed by atoms with van der Waals surface area (Å²) >= 11 is 0. The molecule has 0 aliphatic carbocycles. The quantitative estimate of drug-likeness (QED) is 0.156. The molecule has 12 nitrogen and oxygen atoms in total. The Morgan fingerprint density at radius 1 is 1.05 bits per heavy atom. The van der Waals surface area contributed by atoms with Crippen molar-refractivity contribution in [3.8, 4) is 28.6 Å². The molecule has 0 saturated heterocycles. The predicted octanol–water partition coefficient (Wildman–Crippen LogP) is 5.04. The molecule has 3 heterocycles. The van der Waals surface area contributed by atoms with Crippen LogP contribution in [0.2, 0.25) is 0 Å². The van der Waals surface area contributed by atoms with Crippen LogP contribution < -0.4 is 19.5 Å². The molecule has 2 atom stereocenters. The maximum atomic E-state index is 13.9. The zero-order valence-corrected chi connectivity index (χ0v) is 24.1. The van der Waals surface area contributed by atoms with Gasteiger partial charge in [0.2, 0.25) is 0 Å². The zero-order valence-electron chi connectivity index (χ0n) is 24.1. The summed E-state index contributed by atoms with van der Waals surface area (Å²) in [6, 6.07) is 12.8. The number of esters is 1. The highest BCUT2D eigenvalue weighted by atomic mass is 16.6. The van der Waals surface area contributed by atoms with E-state index in [1.807, 2.05) is 0 Å². The molecule has 5 rings (SSSR count). The first-order chi connectivity index (χ1) is 20.7. The van der Waals surface area contributed by atoms with E-state index < -0.39 is 22.7 Å². The summed E-state index contributed by atoms with van der Waals surface area (Å²) in [6.45, 7) is 3.60. The number of allylic oxidation sites excluding steroid dienone is 2. The van der Waals surface area contributed by atoms with E-state index in [1.165, 1.54) is 39.5 Å². The molecule has 222 valence electrons. The Balaban J connectivity index is 1.54. The monoisotopic (exact) mass is 587 g/mol. The van der Waals surface area contributed by atoms with Crippen LogP contribution in [-0.2, 0) is 14.3 Å².